The minimum absolute atomic E-state index is 0.217. The zero-order valence-corrected chi connectivity index (χ0v) is 11.3. The lowest BCUT2D eigenvalue weighted by atomic mass is 10.1. The Balaban J connectivity index is 2.28. The van der Waals surface area contributed by atoms with Crippen LogP contribution in [0.4, 0.5) is 5.95 Å². The number of carboxylic acids is 1. The molecule has 0 aliphatic carbocycles. The number of benzene rings is 1. The SMILES string of the molecule is COc1ccc(-c2cc(C)nc(NCC(=O)O)n2)cc1. The van der Waals surface area contributed by atoms with Crippen molar-refractivity contribution < 1.29 is 14.6 Å². The molecule has 0 fully saturated rings. The molecule has 2 rings (SSSR count). The first-order chi connectivity index (χ1) is 9.58. The Labute approximate surface area is 116 Å². The molecule has 2 aromatic rings. The van der Waals surface area contributed by atoms with Gasteiger partial charge in [0.25, 0.3) is 0 Å². The fourth-order valence-corrected chi connectivity index (χ4v) is 1.71. The van der Waals surface area contributed by atoms with Crippen LogP contribution in [-0.2, 0) is 4.79 Å². The summed E-state index contributed by atoms with van der Waals surface area (Å²) in [6.45, 7) is 1.62. The summed E-state index contributed by atoms with van der Waals surface area (Å²) < 4.78 is 5.11. The zero-order chi connectivity index (χ0) is 14.5. The van der Waals surface area contributed by atoms with Crippen molar-refractivity contribution >= 4 is 11.9 Å². The molecule has 20 heavy (non-hydrogen) atoms. The topological polar surface area (TPSA) is 84.3 Å². The van der Waals surface area contributed by atoms with Crippen molar-refractivity contribution in [3.63, 3.8) is 0 Å². The van der Waals surface area contributed by atoms with E-state index in [0.29, 0.717) is 5.95 Å². The van der Waals surface area contributed by atoms with Gasteiger partial charge in [0.2, 0.25) is 5.95 Å². The van der Waals surface area contributed by atoms with Crippen molar-refractivity contribution in [3.05, 3.63) is 36.0 Å². The highest BCUT2D eigenvalue weighted by Gasteiger charge is 2.06. The molecule has 104 valence electrons. The largest absolute Gasteiger partial charge is 0.497 e. The van der Waals surface area contributed by atoms with Gasteiger partial charge in [0.1, 0.15) is 12.3 Å². The lowest BCUT2D eigenvalue weighted by Crippen LogP contribution is -2.14. The number of anilines is 1. The Hall–Kier alpha value is -2.63. The molecular formula is C14H15N3O3. The summed E-state index contributed by atoms with van der Waals surface area (Å²) in [7, 11) is 1.61. The lowest BCUT2D eigenvalue weighted by molar-refractivity contribution is -0.134. The average molecular weight is 273 g/mol. The molecule has 0 saturated heterocycles. The highest BCUT2D eigenvalue weighted by molar-refractivity contribution is 5.72. The van der Waals surface area contributed by atoms with E-state index in [0.717, 1.165) is 22.7 Å². The summed E-state index contributed by atoms with van der Waals surface area (Å²) >= 11 is 0. The second kappa shape index (κ2) is 6.01. The van der Waals surface area contributed by atoms with Gasteiger partial charge in [-0.1, -0.05) is 0 Å². The first kappa shape index (κ1) is 13.8. The van der Waals surface area contributed by atoms with Gasteiger partial charge < -0.3 is 15.2 Å². The fraction of sp³-hybridized carbons (Fsp3) is 0.214. The molecule has 0 spiro atoms. The summed E-state index contributed by atoms with van der Waals surface area (Å²) in [6, 6.07) is 9.31. The minimum Gasteiger partial charge on any atom is -0.497 e. The van der Waals surface area contributed by atoms with Gasteiger partial charge in [-0.2, -0.15) is 0 Å². The number of hydrogen-bond donors (Lipinski definition) is 2. The number of nitrogens with zero attached hydrogens (tertiary/aromatic N) is 2. The van der Waals surface area contributed by atoms with Crippen LogP contribution in [0.3, 0.4) is 0 Å². The number of rotatable bonds is 5. The predicted molar refractivity (Wildman–Crippen MR) is 74.9 cm³/mol. The minimum atomic E-state index is -0.957. The van der Waals surface area contributed by atoms with Crippen molar-refractivity contribution in [3.8, 4) is 17.0 Å². The van der Waals surface area contributed by atoms with Crippen LogP contribution in [0.25, 0.3) is 11.3 Å². The maximum Gasteiger partial charge on any atom is 0.322 e. The van der Waals surface area contributed by atoms with Gasteiger partial charge in [-0.25, -0.2) is 9.97 Å². The van der Waals surface area contributed by atoms with Gasteiger partial charge in [0.15, 0.2) is 0 Å². The summed E-state index contributed by atoms with van der Waals surface area (Å²) in [4.78, 5) is 19.0. The molecule has 0 bridgehead atoms. The summed E-state index contributed by atoms with van der Waals surface area (Å²) in [5, 5.41) is 11.3. The summed E-state index contributed by atoms with van der Waals surface area (Å²) in [5.41, 5.74) is 2.40. The third-order valence-corrected chi connectivity index (χ3v) is 2.64. The Bertz CT molecular complexity index is 612. The predicted octanol–water partition coefficient (Wildman–Crippen LogP) is 1.96. The van der Waals surface area contributed by atoms with E-state index >= 15 is 0 Å². The van der Waals surface area contributed by atoms with Crippen molar-refractivity contribution in [2.75, 3.05) is 19.0 Å². The Morgan fingerprint density at radius 3 is 2.60 bits per heavy atom. The first-order valence-corrected chi connectivity index (χ1v) is 6.04. The van der Waals surface area contributed by atoms with Gasteiger partial charge >= 0.3 is 5.97 Å². The van der Waals surface area contributed by atoms with Crippen LogP contribution >= 0.6 is 0 Å². The van der Waals surface area contributed by atoms with Crippen molar-refractivity contribution in [2.45, 2.75) is 6.92 Å². The Morgan fingerprint density at radius 2 is 2.00 bits per heavy atom. The number of methoxy groups -OCH3 is 1. The number of aliphatic carboxylic acids is 1. The maximum absolute atomic E-state index is 10.6. The Kier molecular flexibility index (Phi) is 4.14. The van der Waals surface area contributed by atoms with E-state index in [1.54, 1.807) is 7.11 Å². The van der Waals surface area contributed by atoms with Crippen molar-refractivity contribution in [1.29, 1.82) is 0 Å². The molecule has 0 unspecified atom stereocenters. The number of aromatic nitrogens is 2. The summed E-state index contributed by atoms with van der Waals surface area (Å²) in [6.07, 6.45) is 0. The molecule has 6 heteroatoms. The monoisotopic (exact) mass is 273 g/mol. The molecule has 0 atom stereocenters. The fourth-order valence-electron chi connectivity index (χ4n) is 1.71. The molecule has 1 aromatic heterocycles. The van der Waals surface area contributed by atoms with Crippen molar-refractivity contribution in [2.24, 2.45) is 0 Å². The third kappa shape index (κ3) is 3.44. The number of aryl methyl sites for hydroxylation is 1. The molecule has 0 radical (unpaired) electrons. The molecule has 2 N–H and O–H groups in total. The van der Waals surface area contributed by atoms with E-state index in [4.69, 9.17) is 9.84 Å². The van der Waals surface area contributed by atoms with Crippen LogP contribution in [0.5, 0.6) is 5.75 Å². The van der Waals surface area contributed by atoms with E-state index in [9.17, 15) is 4.79 Å². The van der Waals surface area contributed by atoms with Crippen LogP contribution in [-0.4, -0.2) is 34.7 Å². The second-order valence-electron chi connectivity index (χ2n) is 4.19. The number of carboxylic acid groups (broad SMARTS) is 1. The van der Waals surface area contributed by atoms with Crippen LogP contribution < -0.4 is 10.1 Å². The van der Waals surface area contributed by atoms with Gasteiger partial charge in [0.05, 0.1) is 12.8 Å². The molecule has 0 aliphatic heterocycles. The second-order valence-corrected chi connectivity index (χ2v) is 4.19. The van der Waals surface area contributed by atoms with Crippen LogP contribution in [0.1, 0.15) is 5.69 Å². The average Bonchev–Trinajstić information content (AvgIpc) is 2.44. The molecule has 6 nitrogen and oxygen atoms in total. The smallest absolute Gasteiger partial charge is 0.322 e. The molecular weight excluding hydrogens is 258 g/mol. The summed E-state index contributed by atoms with van der Waals surface area (Å²) in [5.74, 6) is 0.114. The van der Waals surface area contributed by atoms with Crippen LogP contribution in [0.2, 0.25) is 0 Å². The maximum atomic E-state index is 10.6. The standard InChI is InChI=1S/C14H15N3O3/c1-9-7-12(10-3-5-11(20-2)6-4-10)17-14(16-9)15-8-13(18)19/h3-7H,8H2,1-2H3,(H,18,19)(H,15,16,17). The number of nitrogens with one attached hydrogen (secondary N) is 1. The molecule has 1 aromatic carbocycles. The number of ether oxygens (including phenoxy) is 1. The van der Waals surface area contributed by atoms with E-state index in [1.807, 2.05) is 37.3 Å². The van der Waals surface area contributed by atoms with E-state index in [1.165, 1.54) is 0 Å². The molecule has 0 amide bonds. The van der Waals surface area contributed by atoms with Crippen LogP contribution in [0.15, 0.2) is 30.3 Å². The Morgan fingerprint density at radius 1 is 1.30 bits per heavy atom. The molecule has 0 saturated carbocycles. The van der Waals surface area contributed by atoms with Gasteiger partial charge in [0, 0.05) is 11.3 Å². The van der Waals surface area contributed by atoms with Crippen LogP contribution in [0, 0.1) is 6.92 Å². The number of carbonyl (C=O) groups is 1. The van der Waals surface area contributed by atoms with E-state index in [-0.39, 0.29) is 6.54 Å². The van der Waals surface area contributed by atoms with E-state index < -0.39 is 5.97 Å². The number of hydrogen-bond acceptors (Lipinski definition) is 5. The first-order valence-electron chi connectivity index (χ1n) is 6.04. The highest BCUT2D eigenvalue weighted by atomic mass is 16.5. The van der Waals surface area contributed by atoms with Gasteiger partial charge in [-0.15, -0.1) is 0 Å². The van der Waals surface area contributed by atoms with Gasteiger partial charge in [-0.3, -0.25) is 4.79 Å². The van der Waals surface area contributed by atoms with E-state index in [2.05, 4.69) is 15.3 Å². The lowest BCUT2D eigenvalue weighted by Gasteiger charge is -2.07. The molecule has 1 heterocycles. The van der Waals surface area contributed by atoms with Crippen molar-refractivity contribution in [1.82, 2.24) is 9.97 Å². The quantitative estimate of drug-likeness (QED) is 0.866. The van der Waals surface area contributed by atoms with Gasteiger partial charge in [-0.05, 0) is 37.3 Å². The normalized spacial score (nSPS) is 10.1. The molecule has 0 aliphatic rings. The highest BCUT2D eigenvalue weighted by Crippen LogP contribution is 2.22. The zero-order valence-electron chi connectivity index (χ0n) is 11.3. The third-order valence-electron chi connectivity index (χ3n) is 2.64.